The highest BCUT2D eigenvalue weighted by molar-refractivity contribution is 7.99. The maximum atomic E-state index is 13.3. The molecule has 1 saturated heterocycles. The molecule has 0 saturated carbocycles. The molecule has 0 radical (unpaired) electrons. The molecule has 0 spiro atoms. The van der Waals surface area contributed by atoms with Crippen LogP contribution in [0.25, 0.3) is 5.69 Å². The van der Waals surface area contributed by atoms with Crippen molar-refractivity contribution in [3.8, 4) is 5.69 Å². The van der Waals surface area contributed by atoms with Crippen molar-refractivity contribution in [2.24, 2.45) is 0 Å². The number of tetrazole rings is 1. The quantitative estimate of drug-likeness (QED) is 0.628. The SMILES string of the molecule is Cc1ccc2c(c1)C1CNCCC1N2C(=O)CSc1nnnn1-c1ccc(Cl)cc1. The fourth-order valence-electron chi connectivity index (χ4n) is 4.37. The lowest BCUT2D eigenvalue weighted by molar-refractivity contribution is -0.116. The Morgan fingerprint density at radius 3 is 2.93 bits per heavy atom. The van der Waals surface area contributed by atoms with Gasteiger partial charge in [0.2, 0.25) is 11.1 Å². The van der Waals surface area contributed by atoms with Gasteiger partial charge in [0.15, 0.2) is 0 Å². The molecule has 9 heteroatoms. The molecule has 5 rings (SSSR count). The molecule has 3 heterocycles. The summed E-state index contributed by atoms with van der Waals surface area (Å²) in [6.07, 6.45) is 0.956. The lowest BCUT2D eigenvalue weighted by Crippen LogP contribution is -2.47. The van der Waals surface area contributed by atoms with Crippen LogP contribution >= 0.6 is 23.4 Å². The minimum absolute atomic E-state index is 0.0881. The number of fused-ring (bicyclic) bond motifs is 3. The molecule has 2 aromatic carbocycles. The molecule has 0 bridgehead atoms. The van der Waals surface area contributed by atoms with E-state index in [0.29, 0.717) is 16.1 Å². The Morgan fingerprint density at radius 2 is 2.10 bits per heavy atom. The van der Waals surface area contributed by atoms with E-state index in [0.717, 1.165) is 30.9 Å². The third-order valence-corrected chi connectivity index (χ3v) is 6.88. The Hall–Kier alpha value is -2.42. The molecule has 1 amide bonds. The molecule has 30 heavy (non-hydrogen) atoms. The van der Waals surface area contributed by atoms with Crippen LogP contribution in [0.5, 0.6) is 0 Å². The highest BCUT2D eigenvalue weighted by Gasteiger charge is 2.42. The van der Waals surface area contributed by atoms with Gasteiger partial charge in [-0.3, -0.25) is 4.79 Å². The summed E-state index contributed by atoms with van der Waals surface area (Å²) in [6.45, 7) is 3.94. The van der Waals surface area contributed by atoms with Gasteiger partial charge in [0.25, 0.3) is 0 Å². The van der Waals surface area contributed by atoms with Gasteiger partial charge >= 0.3 is 0 Å². The van der Waals surface area contributed by atoms with Gasteiger partial charge in [0.05, 0.1) is 11.4 Å². The minimum Gasteiger partial charge on any atom is -0.316 e. The number of rotatable bonds is 4. The van der Waals surface area contributed by atoms with Crippen LogP contribution in [-0.4, -0.2) is 51.0 Å². The van der Waals surface area contributed by atoms with Gasteiger partial charge in [-0.05, 0) is 66.2 Å². The zero-order chi connectivity index (χ0) is 20.7. The second kappa shape index (κ2) is 8.02. The smallest absolute Gasteiger partial charge is 0.237 e. The Kier molecular flexibility index (Phi) is 5.22. The second-order valence-corrected chi connectivity index (χ2v) is 9.01. The first-order valence-electron chi connectivity index (χ1n) is 9.92. The van der Waals surface area contributed by atoms with Crippen LogP contribution in [0.3, 0.4) is 0 Å². The largest absolute Gasteiger partial charge is 0.316 e. The normalized spacial score (nSPS) is 20.1. The van der Waals surface area contributed by atoms with Gasteiger partial charge in [-0.15, -0.1) is 5.10 Å². The van der Waals surface area contributed by atoms with E-state index in [1.165, 1.54) is 22.9 Å². The summed E-state index contributed by atoms with van der Waals surface area (Å²) in [5.41, 5.74) is 4.35. The number of nitrogens with zero attached hydrogens (tertiary/aromatic N) is 5. The third-order valence-electron chi connectivity index (χ3n) is 5.72. The Labute approximate surface area is 183 Å². The van der Waals surface area contributed by atoms with Gasteiger partial charge < -0.3 is 10.2 Å². The molecule has 0 aliphatic carbocycles. The number of benzene rings is 2. The average molecular weight is 441 g/mol. The van der Waals surface area contributed by atoms with Crippen LogP contribution in [0, 0.1) is 6.92 Å². The molecule has 2 atom stereocenters. The molecule has 154 valence electrons. The standard InChI is InChI=1S/C21H21ClN6OS/c1-13-2-7-18-16(10-13)17-11-23-9-8-19(17)27(18)20(29)12-30-21-24-25-26-28(21)15-5-3-14(22)4-6-15/h2-7,10,17,19,23H,8-9,11-12H2,1H3. The predicted molar refractivity (Wildman–Crippen MR) is 118 cm³/mol. The lowest BCUT2D eigenvalue weighted by atomic mass is 9.89. The summed E-state index contributed by atoms with van der Waals surface area (Å²) in [7, 11) is 0. The molecule has 7 nitrogen and oxygen atoms in total. The number of aryl methyl sites for hydroxylation is 1. The van der Waals surface area contributed by atoms with Crippen molar-refractivity contribution in [2.75, 3.05) is 23.7 Å². The first kappa shape index (κ1) is 19.5. The van der Waals surface area contributed by atoms with E-state index in [1.54, 1.807) is 16.8 Å². The highest BCUT2D eigenvalue weighted by Crippen LogP contribution is 2.44. The number of carbonyl (C=O) groups excluding carboxylic acids is 1. The summed E-state index contributed by atoms with van der Waals surface area (Å²) in [4.78, 5) is 15.3. The number of amides is 1. The molecule has 1 aromatic heterocycles. The van der Waals surface area contributed by atoms with Gasteiger partial charge in [0.1, 0.15) is 0 Å². The molecular weight excluding hydrogens is 420 g/mol. The van der Waals surface area contributed by atoms with Crippen LogP contribution in [0.15, 0.2) is 47.6 Å². The minimum atomic E-state index is 0.0881. The zero-order valence-corrected chi connectivity index (χ0v) is 18.0. The average Bonchev–Trinajstić information content (AvgIpc) is 3.35. The Morgan fingerprint density at radius 1 is 1.27 bits per heavy atom. The van der Waals surface area contributed by atoms with Crippen molar-refractivity contribution < 1.29 is 4.79 Å². The predicted octanol–water partition coefficient (Wildman–Crippen LogP) is 3.21. The van der Waals surface area contributed by atoms with Crippen LogP contribution in [-0.2, 0) is 4.79 Å². The van der Waals surface area contributed by atoms with E-state index >= 15 is 0 Å². The molecule has 2 aliphatic heterocycles. The van der Waals surface area contributed by atoms with Crippen molar-refractivity contribution >= 4 is 35.0 Å². The lowest BCUT2D eigenvalue weighted by Gasteiger charge is -2.32. The monoisotopic (exact) mass is 440 g/mol. The molecule has 3 aromatic rings. The topological polar surface area (TPSA) is 75.9 Å². The van der Waals surface area contributed by atoms with Crippen LogP contribution in [0.1, 0.15) is 23.5 Å². The third kappa shape index (κ3) is 3.49. The van der Waals surface area contributed by atoms with E-state index in [-0.39, 0.29) is 17.7 Å². The fourth-order valence-corrected chi connectivity index (χ4v) is 5.24. The van der Waals surface area contributed by atoms with Crippen molar-refractivity contribution in [3.05, 3.63) is 58.6 Å². The summed E-state index contributed by atoms with van der Waals surface area (Å²) in [6, 6.07) is 13.9. The van der Waals surface area contributed by atoms with Crippen LogP contribution < -0.4 is 10.2 Å². The fraction of sp³-hybridized carbons (Fsp3) is 0.333. The maximum absolute atomic E-state index is 13.3. The summed E-state index contributed by atoms with van der Waals surface area (Å²) < 4.78 is 1.63. The van der Waals surface area contributed by atoms with Gasteiger partial charge in [-0.25, -0.2) is 0 Å². The van der Waals surface area contributed by atoms with Crippen molar-refractivity contribution in [3.63, 3.8) is 0 Å². The van der Waals surface area contributed by atoms with Crippen molar-refractivity contribution in [2.45, 2.75) is 30.5 Å². The molecule has 1 fully saturated rings. The van der Waals surface area contributed by atoms with Crippen LogP contribution in [0.2, 0.25) is 5.02 Å². The van der Waals surface area contributed by atoms with E-state index < -0.39 is 0 Å². The first-order valence-corrected chi connectivity index (χ1v) is 11.3. The van der Waals surface area contributed by atoms with E-state index in [4.69, 9.17) is 11.6 Å². The number of piperidine rings is 1. The van der Waals surface area contributed by atoms with Crippen molar-refractivity contribution in [1.82, 2.24) is 25.5 Å². The molecule has 2 unspecified atom stereocenters. The number of hydrogen-bond donors (Lipinski definition) is 1. The second-order valence-electron chi connectivity index (χ2n) is 7.63. The molecular formula is C21H21ClN6OS. The number of thioether (sulfide) groups is 1. The number of nitrogens with one attached hydrogen (secondary N) is 1. The van der Waals surface area contributed by atoms with E-state index in [9.17, 15) is 4.79 Å². The molecule has 1 N–H and O–H groups in total. The summed E-state index contributed by atoms with van der Waals surface area (Å²) in [5.74, 6) is 0.713. The van der Waals surface area contributed by atoms with Gasteiger partial charge in [-0.1, -0.05) is 41.1 Å². The number of aromatic nitrogens is 4. The van der Waals surface area contributed by atoms with E-state index in [1.807, 2.05) is 17.0 Å². The number of halogens is 1. The summed E-state index contributed by atoms with van der Waals surface area (Å²) >= 11 is 7.33. The number of carbonyl (C=O) groups is 1. The number of anilines is 1. The molecule has 2 aliphatic rings. The maximum Gasteiger partial charge on any atom is 0.237 e. The zero-order valence-electron chi connectivity index (χ0n) is 16.5. The van der Waals surface area contributed by atoms with E-state index in [2.05, 4.69) is 46.0 Å². The highest BCUT2D eigenvalue weighted by atomic mass is 35.5. The van der Waals surface area contributed by atoms with Gasteiger partial charge in [-0.2, -0.15) is 4.68 Å². The Balaban J connectivity index is 1.37. The van der Waals surface area contributed by atoms with Gasteiger partial charge in [0, 0.05) is 29.2 Å². The summed E-state index contributed by atoms with van der Waals surface area (Å²) in [5, 5.41) is 16.7. The Bertz CT molecular complexity index is 1090. The first-order chi connectivity index (χ1) is 14.6. The van der Waals surface area contributed by atoms with Crippen LogP contribution in [0.4, 0.5) is 5.69 Å². The number of hydrogen-bond acceptors (Lipinski definition) is 6. The van der Waals surface area contributed by atoms with Crippen molar-refractivity contribution in [1.29, 1.82) is 0 Å².